The molecule has 0 aliphatic rings. The van der Waals surface area contributed by atoms with Crippen molar-refractivity contribution >= 4 is 23.5 Å². The van der Waals surface area contributed by atoms with Gasteiger partial charge in [0.25, 0.3) is 5.56 Å². The van der Waals surface area contributed by atoms with Crippen molar-refractivity contribution in [1.29, 1.82) is 0 Å². The van der Waals surface area contributed by atoms with Gasteiger partial charge in [0.2, 0.25) is 5.91 Å². The Morgan fingerprint density at radius 2 is 1.78 bits per heavy atom. The molecule has 1 amide bonds. The molecule has 0 aliphatic carbocycles. The summed E-state index contributed by atoms with van der Waals surface area (Å²) in [6.45, 7) is 0.00565. The maximum atomic E-state index is 12.2. The summed E-state index contributed by atoms with van der Waals surface area (Å²) < 4.78 is 10.4. The van der Waals surface area contributed by atoms with Crippen LogP contribution in [0.15, 0.2) is 40.1 Å². The minimum atomic E-state index is -0.696. The van der Waals surface area contributed by atoms with Crippen LogP contribution in [0.5, 0.6) is 0 Å². The number of anilines is 1. The largest absolute Gasteiger partial charge is 0.465 e. The number of hydrogen-bond acceptors (Lipinski definition) is 7. The molecule has 1 heterocycles. The average Bonchev–Trinajstić information content (AvgIpc) is 2.66. The highest BCUT2D eigenvalue weighted by Crippen LogP contribution is 2.20. The Kier molecular flexibility index (Phi) is 6.26. The zero-order valence-corrected chi connectivity index (χ0v) is 14.6. The first-order chi connectivity index (χ1) is 12.8. The second kappa shape index (κ2) is 8.61. The second-order valence-electron chi connectivity index (χ2n) is 5.35. The standard InChI is InChI=1S/C17H17N3O7/c1-26-15(23)10-3-4-11(16(24)27-2)12(9-10)18-13(21)5-7-20-8-6-14(22)19-17(20)25/h3-4,6,8-9H,5,7H2,1-2H3,(H,18,21)(H,19,22,25). The van der Waals surface area contributed by atoms with Crippen LogP contribution in [0.4, 0.5) is 5.69 Å². The quantitative estimate of drug-likeness (QED) is 0.685. The molecule has 0 bridgehead atoms. The van der Waals surface area contributed by atoms with Gasteiger partial charge in [-0.1, -0.05) is 0 Å². The molecule has 1 aromatic carbocycles. The lowest BCUT2D eigenvalue weighted by molar-refractivity contribution is -0.116. The van der Waals surface area contributed by atoms with E-state index in [1.165, 1.54) is 38.6 Å². The second-order valence-corrected chi connectivity index (χ2v) is 5.35. The fraction of sp³-hybridized carbons (Fsp3) is 0.235. The van der Waals surface area contributed by atoms with Gasteiger partial charge in [-0.2, -0.15) is 0 Å². The Morgan fingerprint density at radius 1 is 1.07 bits per heavy atom. The van der Waals surface area contributed by atoms with Gasteiger partial charge >= 0.3 is 17.6 Å². The van der Waals surface area contributed by atoms with Crippen LogP contribution in [-0.4, -0.2) is 41.6 Å². The highest BCUT2D eigenvalue weighted by molar-refractivity contribution is 6.03. The third-order valence-electron chi connectivity index (χ3n) is 3.60. The average molecular weight is 375 g/mol. The van der Waals surface area contributed by atoms with Gasteiger partial charge in [0, 0.05) is 25.2 Å². The first-order valence-electron chi connectivity index (χ1n) is 7.76. The molecule has 1 aromatic heterocycles. The lowest BCUT2D eigenvalue weighted by Crippen LogP contribution is -2.30. The molecule has 0 saturated carbocycles. The number of methoxy groups -OCH3 is 2. The van der Waals surface area contributed by atoms with Crippen molar-refractivity contribution in [2.75, 3.05) is 19.5 Å². The van der Waals surface area contributed by atoms with E-state index in [1.54, 1.807) is 0 Å². The summed E-state index contributed by atoms with van der Waals surface area (Å²) in [5, 5.41) is 2.51. The van der Waals surface area contributed by atoms with Crippen LogP contribution in [0.1, 0.15) is 27.1 Å². The predicted molar refractivity (Wildman–Crippen MR) is 93.7 cm³/mol. The topological polar surface area (TPSA) is 137 Å². The summed E-state index contributed by atoms with van der Waals surface area (Å²) in [4.78, 5) is 60.4. The molecular weight excluding hydrogens is 358 g/mol. The number of benzene rings is 1. The third kappa shape index (κ3) is 4.91. The van der Waals surface area contributed by atoms with E-state index in [9.17, 15) is 24.0 Å². The van der Waals surface area contributed by atoms with E-state index < -0.39 is 29.1 Å². The zero-order valence-electron chi connectivity index (χ0n) is 14.6. The fourth-order valence-electron chi connectivity index (χ4n) is 2.24. The Hall–Kier alpha value is -3.69. The predicted octanol–water partition coefficient (Wildman–Crippen LogP) is 0.139. The molecule has 0 fully saturated rings. The van der Waals surface area contributed by atoms with Crippen LogP contribution < -0.4 is 16.6 Å². The van der Waals surface area contributed by atoms with E-state index in [-0.39, 0.29) is 29.8 Å². The molecule has 2 rings (SSSR count). The minimum Gasteiger partial charge on any atom is -0.465 e. The van der Waals surface area contributed by atoms with Crippen LogP contribution in [0.2, 0.25) is 0 Å². The van der Waals surface area contributed by atoms with Gasteiger partial charge in [-0.15, -0.1) is 0 Å². The van der Waals surface area contributed by atoms with E-state index >= 15 is 0 Å². The van der Waals surface area contributed by atoms with Crippen LogP contribution in [0, 0.1) is 0 Å². The number of hydrogen-bond donors (Lipinski definition) is 2. The van der Waals surface area contributed by atoms with Gasteiger partial charge in [-0.05, 0) is 18.2 Å². The van der Waals surface area contributed by atoms with E-state index in [0.717, 1.165) is 10.6 Å². The molecule has 0 saturated heterocycles. The molecule has 0 aliphatic heterocycles. The number of nitrogens with zero attached hydrogens (tertiary/aromatic N) is 1. The lowest BCUT2D eigenvalue weighted by atomic mass is 10.1. The number of esters is 2. The van der Waals surface area contributed by atoms with Crippen molar-refractivity contribution in [2.24, 2.45) is 0 Å². The monoisotopic (exact) mass is 375 g/mol. The summed E-state index contributed by atoms with van der Waals surface area (Å²) in [6.07, 6.45) is 1.15. The summed E-state index contributed by atoms with van der Waals surface area (Å²) in [6, 6.07) is 5.16. The van der Waals surface area contributed by atoms with Gasteiger partial charge in [0.05, 0.1) is 31.0 Å². The number of aromatic amines is 1. The molecule has 10 heteroatoms. The van der Waals surface area contributed by atoms with Gasteiger partial charge in [-0.3, -0.25) is 14.6 Å². The van der Waals surface area contributed by atoms with Crippen molar-refractivity contribution in [3.05, 3.63) is 62.4 Å². The van der Waals surface area contributed by atoms with Crippen LogP contribution in [-0.2, 0) is 20.8 Å². The molecule has 10 nitrogen and oxygen atoms in total. The van der Waals surface area contributed by atoms with Gasteiger partial charge in [-0.25, -0.2) is 14.4 Å². The first kappa shape index (κ1) is 19.6. The molecular formula is C17H17N3O7. The Balaban J connectivity index is 2.19. The normalized spacial score (nSPS) is 10.1. The smallest absolute Gasteiger partial charge is 0.339 e. The van der Waals surface area contributed by atoms with Crippen LogP contribution in [0.3, 0.4) is 0 Å². The molecule has 0 radical (unpaired) electrons. The molecule has 2 N–H and O–H groups in total. The minimum absolute atomic E-state index is 0.00565. The molecule has 0 unspecified atom stereocenters. The fourth-order valence-corrected chi connectivity index (χ4v) is 2.24. The number of carbonyl (C=O) groups is 3. The number of rotatable bonds is 6. The molecule has 0 atom stereocenters. The van der Waals surface area contributed by atoms with E-state index in [4.69, 9.17) is 0 Å². The van der Waals surface area contributed by atoms with Crippen molar-refractivity contribution in [2.45, 2.75) is 13.0 Å². The van der Waals surface area contributed by atoms with E-state index in [1.807, 2.05) is 0 Å². The van der Waals surface area contributed by atoms with Crippen molar-refractivity contribution in [3.8, 4) is 0 Å². The Morgan fingerprint density at radius 3 is 2.41 bits per heavy atom. The lowest BCUT2D eigenvalue weighted by Gasteiger charge is -2.12. The van der Waals surface area contributed by atoms with E-state index in [0.29, 0.717) is 0 Å². The van der Waals surface area contributed by atoms with Crippen molar-refractivity contribution in [3.63, 3.8) is 0 Å². The molecule has 142 valence electrons. The molecule has 0 spiro atoms. The third-order valence-corrected chi connectivity index (χ3v) is 3.60. The molecule has 27 heavy (non-hydrogen) atoms. The highest BCUT2D eigenvalue weighted by atomic mass is 16.5. The van der Waals surface area contributed by atoms with Gasteiger partial charge < -0.3 is 19.4 Å². The Labute approximate surface area is 152 Å². The van der Waals surface area contributed by atoms with E-state index in [2.05, 4.69) is 19.8 Å². The SMILES string of the molecule is COC(=O)c1ccc(C(=O)OC)c(NC(=O)CCn2ccc(=O)[nH]c2=O)c1. The van der Waals surface area contributed by atoms with Gasteiger partial charge in [0.15, 0.2) is 0 Å². The summed E-state index contributed by atoms with van der Waals surface area (Å²) in [7, 11) is 2.39. The maximum Gasteiger partial charge on any atom is 0.339 e. The maximum absolute atomic E-state index is 12.2. The number of nitrogens with one attached hydrogen (secondary N) is 2. The zero-order chi connectivity index (χ0) is 20.0. The first-order valence-corrected chi connectivity index (χ1v) is 7.76. The number of ether oxygens (including phenoxy) is 2. The number of carbonyl (C=O) groups excluding carboxylic acids is 3. The summed E-state index contributed by atoms with van der Waals surface area (Å²) >= 11 is 0. The number of aromatic nitrogens is 2. The van der Waals surface area contributed by atoms with Crippen molar-refractivity contribution in [1.82, 2.24) is 9.55 Å². The highest BCUT2D eigenvalue weighted by Gasteiger charge is 2.17. The van der Waals surface area contributed by atoms with Crippen molar-refractivity contribution < 1.29 is 23.9 Å². The molecule has 2 aromatic rings. The Bertz CT molecular complexity index is 991. The number of H-pyrrole nitrogens is 1. The van der Waals surface area contributed by atoms with Crippen LogP contribution >= 0.6 is 0 Å². The number of amides is 1. The summed E-state index contributed by atoms with van der Waals surface area (Å²) in [5.41, 5.74) is -0.915. The van der Waals surface area contributed by atoms with Gasteiger partial charge in [0.1, 0.15) is 0 Å². The van der Waals surface area contributed by atoms with Crippen LogP contribution in [0.25, 0.3) is 0 Å². The summed E-state index contributed by atoms with van der Waals surface area (Å²) in [5.74, 6) is -1.85. The number of aryl methyl sites for hydroxylation is 1.